The van der Waals surface area contributed by atoms with E-state index in [-0.39, 0.29) is 47.7 Å². The number of nitrogens with one attached hydrogen (secondary N) is 2. The van der Waals surface area contributed by atoms with Gasteiger partial charge in [-0.05, 0) is 36.6 Å². The first kappa shape index (κ1) is 24.0. The first-order chi connectivity index (χ1) is 14.0. The second-order valence-corrected chi connectivity index (χ2v) is 7.43. The molecule has 0 spiro atoms. The van der Waals surface area contributed by atoms with Gasteiger partial charge in [0.1, 0.15) is 5.82 Å². The van der Waals surface area contributed by atoms with Crippen LogP contribution in [-0.2, 0) is 16.6 Å². The van der Waals surface area contributed by atoms with Gasteiger partial charge in [-0.15, -0.1) is 24.0 Å². The summed E-state index contributed by atoms with van der Waals surface area (Å²) in [5.41, 5.74) is 1.51. The summed E-state index contributed by atoms with van der Waals surface area (Å²) < 4.78 is 14.1. The standard InChI is InChI=1S/C22H28FN5O.HI/c1-24-21(27-16-22(11-12-22)18-8-3-4-9-19(18)23)26-15-20(29)28(2)14-10-17-7-5-6-13-25-17;/h3-9,13H,10-12,14-16H2,1-2H3,(H2,24,26,27);1H. The zero-order valence-corrected chi connectivity index (χ0v) is 19.7. The van der Waals surface area contributed by atoms with Gasteiger partial charge in [-0.1, -0.05) is 24.3 Å². The fraction of sp³-hybridized carbons (Fsp3) is 0.409. The van der Waals surface area contributed by atoms with Gasteiger partial charge in [0.25, 0.3) is 0 Å². The molecule has 0 bridgehead atoms. The number of rotatable bonds is 8. The number of benzene rings is 1. The molecule has 30 heavy (non-hydrogen) atoms. The quantitative estimate of drug-likeness (QED) is 0.316. The minimum absolute atomic E-state index is 0. The largest absolute Gasteiger partial charge is 0.356 e. The molecule has 1 saturated carbocycles. The van der Waals surface area contributed by atoms with Gasteiger partial charge in [-0.3, -0.25) is 14.8 Å². The van der Waals surface area contributed by atoms with Crippen molar-refractivity contribution in [2.24, 2.45) is 4.99 Å². The van der Waals surface area contributed by atoms with Gasteiger partial charge < -0.3 is 15.5 Å². The molecule has 0 saturated heterocycles. The maximum atomic E-state index is 14.1. The van der Waals surface area contributed by atoms with Crippen LogP contribution in [0.25, 0.3) is 0 Å². The van der Waals surface area contributed by atoms with Crippen LogP contribution >= 0.6 is 24.0 Å². The Kier molecular flexibility index (Phi) is 9.01. The van der Waals surface area contributed by atoms with Crippen LogP contribution in [0.15, 0.2) is 53.7 Å². The van der Waals surface area contributed by atoms with Crippen molar-refractivity contribution in [1.29, 1.82) is 0 Å². The van der Waals surface area contributed by atoms with Crippen molar-refractivity contribution in [2.45, 2.75) is 24.7 Å². The van der Waals surface area contributed by atoms with Crippen molar-refractivity contribution < 1.29 is 9.18 Å². The van der Waals surface area contributed by atoms with E-state index in [0.29, 0.717) is 25.5 Å². The second-order valence-electron chi connectivity index (χ2n) is 7.43. The van der Waals surface area contributed by atoms with Gasteiger partial charge in [-0.2, -0.15) is 0 Å². The second kappa shape index (κ2) is 11.2. The summed E-state index contributed by atoms with van der Waals surface area (Å²) in [6, 6.07) is 12.7. The minimum atomic E-state index is -0.188. The number of nitrogens with zero attached hydrogens (tertiary/aromatic N) is 3. The molecule has 3 rings (SSSR count). The number of hydrogen-bond acceptors (Lipinski definition) is 3. The first-order valence-electron chi connectivity index (χ1n) is 9.87. The number of pyridine rings is 1. The molecule has 0 unspecified atom stereocenters. The van der Waals surface area contributed by atoms with E-state index in [9.17, 15) is 9.18 Å². The Labute approximate surface area is 194 Å². The predicted octanol–water partition coefficient (Wildman–Crippen LogP) is 2.74. The van der Waals surface area contributed by atoms with Crippen molar-refractivity contribution in [2.75, 3.05) is 33.7 Å². The smallest absolute Gasteiger partial charge is 0.241 e. The number of carbonyl (C=O) groups is 1. The van der Waals surface area contributed by atoms with E-state index in [1.54, 1.807) is 31.3 Å². The number of guanidine groups is 1. The van der Waals surface area contributed by atoms with Crippen LogP contribution in [0, 0.1) is 5.82 Å². The van der Waals surface area contributed by atoms with Crippen molar-refractivity contribution in [3.63, 3.8) is 0 Å². The number of amides is 1. The fourth-order valence-corrected chi connectivity index (χ4v) is 3.30. The normalized spacial score (nSPS) is 14.4. The summed E-state index contributed by atoms with van der Waals surface area (Å²) in [7, 11) is 3.44. The molecule has 8 heteroatoms. The summed E-state index contributed by atoms with van der Waals surface area (Å²) in [4.78, 5) is 22.5. The van der Waals surface area contributed by atoms with Gasteiger partial charge in [0, 0.05) is 50.9 Å². The van der Waals surface area contributed by atoms with Crippen molar-refractivity contribution in [1.82, 2.24) is 20.5 Å². The number of aliphatic imine (C=N–C) groups is 1. The molecule has 1 aliphatic rings. The van der Waals surface area contributed by atoms with E-state index >= 15 is 0 Å². The summed E-state index contributed by atoms with van der Waals surface area (Å²) >= 11 is 0. The van der Waals surface area contributed by atoms with Crippen LogP contribution in [0.5, 0.6) is 0 Å². The summed E-state index contributed by atoms with van der Waals surface area (Å²) in [5.74, 6) is 0.345. The number of likely N-dealkylation sites (N-methyl/N-ethyl adjacent to an activating group) is 1. The third kappa shape index (κ3) is 6.38. The van der Waals surface area contributed by atoms with Crippen LogP contribution in [-0.4, -0.2) is 55.5 Å². The van der Waals surface area contributed by atoms with Gasteiger partial charge >= 0.3 is 0 Å². The molecule has 1 heterocycles. The van der Waals surface area contributed by atoms with Crippen LogP contribution in [0.4, 0.5) is 4.39 Å². The minimum Gasteiger partial charge on any atom is -0.356 e. The van der Waals surface area contributed by atoms with Crippen LogP contribution < -0.4 is 10.6 Å². The van der Waals surface area contributed by atoms with Crippen molar-refractivity contribution in [3.8, 4) is 0 Å². The van der Waals surface area contributed by atoms with E-state index in [0.717, 1.165) is 24.1 Å². The van der Waals surface area contributed by atoms with Crippen LogP contribution in [0.2, 0.25) is 0 Å². The van der Waals surface area contributed by atoms with E-state index in [1.807, 2.05) is 30.3 Å². The molecule has 0 atom stereocenters. The zero-order chi connectivity index (χ0) is 20.7. The average molecular weight is 525 g/mol. The van der Waals surface area contributed by atoms with E-state index in [1.165, 1.54) is 6.07 Å². The Morgan fingerprint density at radius 2 is 1.93 bits per heavy atom. The molecule has 0 radical (unpaired) electrons. The number of carbonyl (C=O) groups excluding carboxylic acids is 1. The Hall–Kier alpha value is -2.23. The van der Waals surface area contributed by atoms with Crippen LogP contribution in [0.1, 0.15) is 24.1 Å². The Morgan fingerprint density at radius 3 is 2.57 bits per heavy atom. The highest BCUT2D eigenvalue weighted by atomic mass is 127. The van der Waals surface area contributed by atoms with E-state index < -0.39 is 0 Å². The topological polar surface area (TPSA) is 69.6 Å². The Morgan fingerprint density at radius 1 is 1.20 bits per heavy atom. The predicted molar refractivity (Wildman–Crippen MR) is 128 cm³/mol. The Balaban J connectivity index is 0.00000320. The third-order valence-corrected chi connectivity index (χ3v) is 5.38. The molecule has 0 aliphatic heterocycles. The average Bonchev–Trinajstić information content (AvgIpc) is 3.53. The molecule has 2 N–H and O–H groups in total. The molecule has 1 fully saturated rings. The summed E-state index contributed by atoms with van der Waals surface area (Å²) in [6.07, 6.45) is 4.34. The van der Waals surface area contributed by atoms with Crippen molar-refractivity contribution >= 4 is 35.8 Å². The molecule has 6 nitrogen and oxygen atoms in total. The SMILES string of the molecule is CN=C(NCC(=O)N(C)CCc1ccccn1)NCC1(c2ccccc2F)CC1.I. The Bertz CT molecular complexity index is 858. The summed E-state index contributed by atoms with van der Waals surface area (Å²) in [6.45, 7) is 1.32. The van der Waals surface area contributed by atoms with E-state index in [4.69, 9.17) is 0 Å². The fourth-order valence-electron chi connectivity index (χ4n) is 3.30. The highest BCUT2D eigenvalue weighted by Gasteiger charge is 2.45. The molecule has 1 aromatic heterocycles. The monoisotopic (exact) mass is 525 g/mol. The maximum Gasteiger partial charge on any atom is 0.241 e. The third-order valence-electron chi connectivity index (χ3n) is 5.38. The first-order valence-corrected chi connectivity index (χ1v) is 9.87. The van der Waals surface area contributed by atoms with Crippen molar-refractivity contribution in [3.05, 3.63) is 65.7 Å². The lowest BCUT2D eigenvalue weighted by molar-refractivity contribution is -0.128. The molecule has 1 amide bonds. The summed E-state index contributed by atoms with van der Waals surface area (Å²) in [5, 5.41) is 6.29. The zero-order valence-electron chi connectivity index (χ0n) is 17.4. The highest BCUT2D eigenvalue weighted by molar-refractivity contribution is 14.0. The number of hydrogen-bond donors (Lipinski definition) is 2. The number of aromatic nitrogens is 1. The molecular formula is C22H29FIN5O. The number of halogens is 2. The van der Waals surface area contributed by atoms with Gasteiger partial charge in [0.05, 0.1) is 6.54 Å². The van der Waals surface area contributed by atoms with E-state index in [2.05, 4.69) is 20.6 Å². The maximum absolute atomic E-state index is 14.1. The molecule has 1 aromatic carbocycles. The van der Waals surface area contributed by atoms with Crippen LogP contribution in [0.3, 0.4) is 0 Å². The lowest BCUT2D eigenvalue weighted by atomic mass is 9.95. The lowest BCUT2D eigenvalue weighted by Gasteiger charge is -2.21. The molecular weight excluding hydrogens is 496 g/mol. The van der Waals surface area contributed by atoms with Gasteiger partial charge in [-0.25, -0.2) is 4.39 Å². The molecule has 1 aliphatic carbocycles. The molecule has 2 aromatic rings. The highest BCUT2D eigenvalue weighted by Crippen LogP contribution is 2.48. The molecule has 162 valence electrons. The van der Waals surface area contributed by atoms with Gasteiger partial charge in [0.2, 0.25) is 5.91 Å². The lowest BCUT2D eigenvalue weighted by Crippen LogP contribution is -2.46. The van der Waals surface area contributed by atoms with Gasteiger partial charge in [0.15, 0.2) is 5.96 Å².